The van der Waals surface area contributed by atoms with Crippen LogP contribution in [0, 0.1) is 0 Å². The van der Waals surface area contributed by atoms with Crippen molar-refractivity contribution >= 4 is 23.7 Å². The fraction of sp³-hybridized carbons (Fsp3) is 0.250. The largest absolute Gasteiger partial charge is 0.338 e. The van der Waals surface area contributed by atoms with E-state index < -0.39 is 11.9 Å². The summed E-state index contributed by atoms with van der Waals surface area (Å²) in [6, 6.07) is 8.83. The lowest BCUT2D eigenvalue weighted by molar-refractivity contribution is -0.117. The fourth-order valence-corrected chi connectivity index (χ4v) is 2.19. The summed E-state index contributed by atoms with van der Waals surface area (Å²) in [5.74, 6) is -0.363. The Labute approximate surface area is 125 Å². The summed E-state index contributed by atoms with van der Waals surface area (Å²) in [7, 11) is 0. The van der Waals surface area contributed by atoms with Gasteiger partial charge in [-0.2, -0.15) is 4.68 Å². The number of hydrogen-bond acceptors (Lipinski definition) is 6. The van der Waals surface area contributed by atoms with Crippen molar-refractivity contribution in [1.29, 1.82) is 0 Å². The molecule has 0 saturated heterocycles. The molecular formula is C12H14N6O2S. The SMILES string of the molecule is CCNC(=O)NC(=O)CSc1nnnn1-c1ccccc1. The lowest BCUT2D eigenvalue weighted by atomic mass is 10.3. The van der Waals surface area contributed by atoms with Crippen molar-refractivity contribution in [3.8, 4) is 5.69 Å². The molecule has 3 amide bonds. The fourth-order valence-electron chi connectivity index (χ4n) is 1.50. The van der Waals surface area contributed by atoms with Gasteiger partial charge in [-0.15, -0.1) is 5.10 Å². The van der Waals surface area contributed by atoms with Crippen LogP contribution >= 0.6 is 11.8 Å². The van der Waals surface area contributed by atoms with E-state index in [0.717, 1.165) is 17.4 Å². The molecule has 0 spiro atoms. The van der Waals surface area contributed by atoms with E-state index in [1.165, 1.54) is 4.68 Å². The number of amides is 3. The maximum absolute atomic E-state index is 11.6. The van der Waals surface area contributed by atoms with Crippen LogP contribution in [0.4, 0.5) is 4.79 Å². The first-order chi connectivity index (χ1) is 10.2. The Morgan fingerprint density at radius 3 is 2.76 bits per heavy atom. The summed E-state index contributed by atoms with van der Waals surface area (Å²) >= 11 is 1.15. The van der Waals surface area contributed by atoms with Gasteiger partial charge in [0.05, 0.1) is 11.4 Å². The van der Waals surface area contributed by atoms with Crippen LogP contribution in [-0.2, 0) is 4.79 Å². The Balaban J connectivity index is 1.94. The van der Waals surface area contributed by atoms with Crippen molar-refractivity contribution in [3.63, 3.8) is 0 Å². The quantitative estimate of drug-likeness (QED) is 0.784. The molecule has 0 fully saturated rings. The van der Waals surface area contributed by atoms with Gasteiger partial charge in [0.25, 0.3) is 0 Å². The van der Waals surface area contributed by atoms with Crippen LogP contribution in [0.2, 0.25) is 0 Å². The summed E-state index contributed by atoms with van der Waals surface area (Å²) < 4.78 is 1.53. The Morgan fingerprint density at radius 2 is 2.05 bits per heavy atom. The molecule has 0 radical (unpaired) electrons. The third-order valence-corrected chi connectivity index (χ3v) is 3.28. The molecule has 8 nitrogen and oxygen atoms in total. The number of tetrazole rings is 1. The van der Waals surface area contributed by atoms with Crippen LogP contribution < -0.4 is 10.6 Å². The van der Waals surface area contributed by atoms with E-state index in [2.05, 4.69) is 26.2 Å². The second kappa shape index (κ2) is 7.39. The van der Waals surface area contributed by atoms with Crippen molar-refractivity contribution in [3.05, 3.63) is 30.3 Å². The number of nitrogens with one attached hydrogen (secondary N) is 2. The van der Waals surface area contributed by atoms with Crippen LogP contribution in [-0.4, -0.2) is 44.4 Å². The van der Waals surface area contributed by atoms with Gasteiger partial charge in [-0.25, -0.2) is 4.79 Å². The van der Waals surface area contributed by atoms with Gasteiger partial charge in [0, 0.05) is 6.54 Å². The molecule has 0 aliphatic heterocycles. The standard InChI is InChI=1S/C12H14N6O2S/c1-2-13-11(20)14-10(19)8-21-12-15-16-17-18(12)9-6-4-3-5-7-9/h3-7H,2,8H2,1H3,(H2,13,14,19,20). The summed E-state index contributed by atoms with van der Waals surface area (Å²) in [6.07, 6.45) is 0. The minimum atomic E-state index is -0.509. The Kier molecular flexibility index (Phi) is 5.27. The normalized spacial score (nSPS) is 10.1. The molecule has 2 aromatic rings. The maximum Gasteiger partial charge on any atom is 0.321 e. The molecular weight excluding hydrogens is 292 g/mol. The summed E-state index contributed by atoms with van der Waals surface area (Å²) in [5.41, 5.74) is 0.800. The molecule has 2 N–H and O–H groups in total. The molecule has 0 aliphatic carbocycles. The first kappa shape index (κ1) is 15.0. The average Bonchev–Trinajstić information content (AvgIpc) is 2.94. The predicted octanol–water partition coefficient (Wildman–Crippen LogP) is 0.600. The molecule has 0 bridgehead atoms. The number of rotatable bonds is 5. The highest BCUT2D eigenvalue weighted by Gasteiger charge is 2.12. The third kappa shape index (κ3) is 4.28. The lowest BCUT2D eigenvalue weighted by Gasteiger charge is -2.05. The van der Waals surface area contributed by atoms with E-state index in [1.54, 1.807) is 6.92 Å². The number of nitrogens with zero attached hydrogens (tertiary/aromatic N) is 4. The monoisotopic (exact) mass is 306 g/mol. The average molecular weight is 306 g/mol. The second-order valence-corrected chi connectivity index (χ2v) is 4.85. The molecule has 21 heavy (non-hydrogen) atoms. The van der Waals surface area contributed by atoms with Crippen molar-refractivity contribution in [1.82, 2.24) is 30.8 Å². The minimum Gasteiger partial charge on any atom is -0.338 e. The number of benzene rings is 1. The molecule has 2 rings (SSSR count). The number of thioether (sulfide) groups is 1. The molecule has 0 atom stereocenters. The van der Waals surface area contributed by atoms with Gasteiger partial charge >= 0.3 is 6.03 Å². The highest BCUT2D eigenvalue weighted by atomic mass is 32.2. The number of urea groups is 1. The van der Waals surface area contributed by atoms with Gasteiger partial charge in [-0.1, -0.05) is 30.0 Å². The van der Waals surface area contributed by atoms with E-state index in [0.29, 0.717) is 11.7 Å². The van der Waals surface area contributed by atoms with Crippen LogP contribution in [0.25, 0.3) is 5.69 Å². The zero-order valence-electron chi connectivity index (χ0n) is 11.3. The van der Waals surface area contributed by atoms with Crippen LogP contribution in [0.5, 0.6) is 0 Å². The van der Waals surface area contributed by atoms with Gasteiger partial charge in [-0.05, 0) is 29.5 Å². The highest BCUT2D eigenvalue weighted by molar-refractivity contribution is 7.99. The number of para-hydroxylation sites is 1. The number of carbonyl (C=O) groups excluding carboxylic acids is 2. The number of carbonyl (C=O) groups is 2. The van der Waals surface area contributed by atoms with Gasteiger partial charge in [0.2, 0.25) is 11.1 Å². The van der Waals surface area contributed by atoms with Gasteiger partial charge in [0.1, 0.15) is 0 Å². The first-order valence-electron chi connectivity index (χ1n) is 6.25. The van der Waals surface area contributed by atoms with Crippen molar-refractivity contribution in [2.45, 2.75) is 12.1 Å². The molecule has 110 valence electrons. The molecule has 1 heterocycles. The summed E-state index contributed by atoms with van der Waals surface area (Å²) in [4.78, 5) is 22.8. The van der Waals surface area contributed by atoms with Gasteiger partial charge in [-0.3, -0.25) is 10.1 Å². The minimum absolute atomic E-state index is 0.0460. The van der Waals surface area contributed by atoms with E-state index in [1.807, 2.05) is 30.3 Å². The van der Waals surface area contributed by atoms with Gasteiger partial charge in [0.15, 0.2) is 0 Å². The molecule has 1 aromatic carbocycles. The van der Waals surface area contributed by atoms with E-state index in [-0.39, 0.29) is 5.75 Å². The van der Waals surface area contributed by atoms with E-state index in [4.69, 9.17) is 0 Å². The second-order valence-electron chi connectivity index (χ2n) is 3.91. The van der Waals surface area contributed by atoms with Crippen molar-refractivity contribution in [2.24, 2.45) is 0 Å². The van der Waals surface area contributed by atoms with Crippen LogP contribution in [0.15, 0.2) is 35.5 Å². The van der Waals surface area contributed by atoms with E-state index in [9.17, 15) is 9.59 Å². The first-order valence-corrected chi connectivity index (χ1v) is 7.23. The molecule has 0 unspecified atom stereocenters. The van der Waals surface area contributed by atoms with Crippen LogP contribution in [0.3, 0.4) is 0 Å². The van der Waals surface area contributed by atoms with E-state index >= 15 is 0 Å². The zero-order valence-corrected chi connectivity index (χ0v) is 12.1. The molecule has 0 aliphatic rings. The number of aromatic nitrogens is 4. The van der Waals surface area contributed by atoms with Crippen molar-refractivity contribution < 1.29 is 9.59 Å². The smallest absolute Gasteiger partial charge is 0.321 e. The van der Waals surface area contributed by atoms with Crippen LogP contribution in [0.1, 0.15) is 6.92 Å². The molecule has 0 saturated carbocycles. The lowest BCUT2D eigenvalue weighted by Crippen LogP contribution is -2.40. The highest BCUT2D eigenvalue weighted by Crippen LogP contribution is 2.17. The summed E-state index contributed by atoms with van der Waals surface area (Å²) in [6.45, 7) is 2.23. The Hall–Kier alpha value is -2.42. The number of hydrogen-bond donors (Lipinski definition) is 2. The summed E-state index contributed by atoms with van der Waals surface area (Å²) in [5, 5.41) is 16.5. The predicted molar refractivity (Wildman–Crippen MR) is 77.1 cm³/mol. The molecule has 1 aromatic heterocycles. The third-order valence-electron chi connectivity index (χ3n) is 2.36. The Bertz CT molecular complexity index is 615. The van der Waals surface area contributed by atoms with Gasteiger partial charge < -0.3 is 5.32 Å². The maximum atomic E-state index is 11.6. The van der Waals surface area contributed by atoms with Crippen molar-refractivity contribution in [2.75, 3.05) is 12.3 Å². The topological polar surface area (TPSA) is 102 Å². The molecule has 9 heteroatoms. The number of imide groups is 1. The zero-order chi connectivity index (χ0) is 15.1. The Morgan fingerprint density at radius 1 is 1.29 bits per heavy atom.